The van der Waals surface area contributed by atoms with Crippen molar-refractivity contribution in [3.05, 3.63) is 30.3 Å². The van der Waals surface area contributed by atoms with E-state index in [2.05, 4.69) is 27.7 Å². The van der Waals surface area contributed by atoms with Crippen LogP contribution in [0, 0.1) is 5.92 Å². The van der Waals surface area contributed by atoms with Crippen LogP contribution in [0.15, 0.2) is 35.2 Å². The van der Waals surface area contributed by atoms with Crippen molar-refractivity contribution in [2.24, 2.45) is 5.92 Å². The fourth-order valence-corrected chi connectivity index (χ4v) is 5.85. The van der Waals surface area contributed by atoms with Crippen LogP contribution in [-0.4, -0.2) is 53.2 Å². The molecule has 1 saturated heterocycles. The van der Waals surface area contributed by atoms with E-state index in [4.69, 9.17) is 0 Å². The summed E-state index contributed by atoms with van der Waals surface area (Å²) in [5.74, 6) is 0.798. The molecule has 0 radical (unpaired) electrons. The minimum Gasteiger partial charge on any atom is -0.355 e. The number of nitrogens with zero attached hydrogens (tertiary/aromatic N) is 1. The van der Waals surface area contributed by atoms with Gasteiger partial charge in [-0.25, -0.2) is 0 Å². The van der Waals surface area contributed by atoms with E-state index < -0.39 is 0 Å². The molecule has 1 aromatic carbocycles. The lowest BCUT2D eigenvalue weighted by Crippen LogP contribution is -2.49. The third-order valence-electron chi connectivity index (χ3n) is 6.02. The molecule has 5 nitrogen and oxygen atoms in total. The van der Waals surface area contributed by atoms with Gasteiger partial charge in [-0.05, 0) is 77.6 Å². The Morgan fingerprint density at radius 1 is 1.10 bits per heavy atom. The number of likely N-dealkylation sites (tertiary alicyclic amines) is 1. The third-order valence-corrected chi connectivity index (χ3v) is 7.51. The van der Waals surface area contributed by atoms with Crippen molar-refractivity contribution in [3.63, 3.8) is 0 Å². The molecule has 166 valence electrons. The molecule has 2 N–H and O–H groups in total. The minimum atomic E-state index is -0.312. The second-order valence-corrected chi connectivity index (χ2v) is 11.3. The Kier molecular flexibility index (Phi) is 7.86. The molecular weight excluding hydrogens is 394 g/mol. The Hall–Kier alpha value is -1.53. The molecule has 1 aliphatic heterocycles. The molecule has 1 saturated carbocycles. The molecule has 1 aliphatic carbocycles. The number of carbonyl (C=O) groups excluding carboxylic acids is 2. The standard InChI is InChI=1S/C24H37N3O2S/c1-23(2,3)26-21(28)18-27-15-11-19(12-16-27)17-25-22(29)24(13-7-8-14-24)30-20-9-5-4-6-10-20/h4-6,9-10,19H,7-8,11-18H2,1-3H3,(H,25,29)(H,26,28). The molecule has 2 amide bonds. The van der Waals surface area contributed by atoms with E-state index in [0.717, 1.165) is 58.2 Å². The van der Waals surface area contributed by atoms with Crippen LogP contribution in [0.3, 0.4) is 0 Å². The highest BCUT2D eigenvalue weighted by Crippen LogP contribution is 2.45. The number of nitrogens with one attached hydrogen (secondary N) is 2. The summed E-state index contributed by atoms with van der Waals surface area (Å²) < 4.78 is -0.312. The molecule has 0 spiro atoms. The van der Waals surface area contributed by atoms with Gasteiger partial charge in [0.1, 0.15) is 0 Å². The van der Waals surface area contributed by atoms with Gasteiger partial charge in [-0.2, -0.15) is 0 Å². The number of hydrogen-bond acceptors (Lipinski definition) is 4. The van der Waals surface area contributed by atoms with Gasteiger partial charge in [0.15, 0.2) is 0 Å². The van der Waals surface area contributed by atoms with E-state index in [1.807, 2.05) is 39.0 Å². The highest BCUT2D eigenvalue weighted by molar-refractivity contribution is 8.01. The van der Waals surface area contributed by atoms with E-state index in [0.29, 0.717) is 12.5 Å². The number of hydrogen-bond donors (Lipinski definition) is 2. The summed E-state index contributed by atoms with van der Waals surface area (Å²) in [7, 11) is 0. The summed E-state index contributed by atoms with van der Waals surface area (Å²) >= 11 is 1.74. The number of piperidine rings is 1. The average molecular weight is 432 g/mol. The number of carbonyl (C=O) groups is 2. The summed E-state index contributed by atoms with van der Waals surface area (Å²) in [5.41, 5.74) is -0.187. The van der Waals surface area contributed by atoms with Crippen LogP contribution in [0.25, 0.3) is 0 Å². The SMILES string of the molecule is CC(C)(C)NC(=O)CN1CCC(CNC(=O)C2(Sc3ccccc3)CCCC2)CC1. The van der Waals surface area contributed by atoms with Crippen LogP contribution in [0.5, 0.6) is 0 Å². The van der Waals surface area contributed by atoms with E-state index in [1.54, 1.807) is 11.8 Å². The smallest absolute Gasteiger partial charge is 0.236 e. The van der Waals surface area contributed by atoms with Gasteiger partial charge < -0.3 is 10.6 Å². The number of thioether (sulfide) groups is 1. The van der Waals surface area contributed by atoms with Crippen molar-refractivity contribution in [1.29, 1.82) is 0 Å². The number of rotatable bonds is 7. The first-order valence-electron chi connectivity index (χ1n) is 11.3. The second kappa shape index (κ2) is 10.2. The molecule has 0 atom stereocenters. The second-order valence-electron chi connectivity index (χ2n) is 9.84. The van der Waals surface area contributed by atoms with Crippen molar-refractivity contribution in [3.8, 4) is 0 Å². The zero-order chi connectivity index (χ0) is 21.6. The number of benzene rings is 1. The van der Waals surface area contributed by atoms with Gasteiger partial charge in [0, 0.05) is 17.0 Å². The first-order valence-corrected chi connectivity index (χ1v) is 12.1. The Morgan fingerprint density at radius 2 is 1.73 bits per heavy atom. The lowest BCUT2D eigenvalue weighted by Gasteiger charge is -2.33. The van der Waals surface area contributed by atoms with Crippen molar-refractivity contribution < 1.29 is 9.59 Å². The lowest BCUT2D eigenvalue weighted by molar-refractivity contribution is -0.124. The summed E-state index contributed by atoms with van der Waals surface area (Å²) in [4.78, 5) is 28.7. The van der Waals surface area contributed by atoms with E-state index in [9.17, 15) is 9.59 Å². The van der Waals surface area contributed by atoms with Gasteiger partial charge in [0.05, 0.1) is 11.3 Å². The maximum absolute atomic E-state index is 13.2. The van der Waals surface area contributed by atoms with Gasteiger partial charge in [-0.15, -0.1) is 11.8 Å². The quantitative estimate of drug-likeness (QED) is 0.689. The Balaban J connectivity index is 1.44. The number of amides is 2. The monoisotopic (exact) mass is 431 g/mol. The van der Waals surface area contributed by atoms with Gasteiger partial charge in [0.2, 0.25) is 11.8 Å². The van der Waals surface area contributed by atoms with Crippen molar-refractivity contribution in [1.82, 2.24) is 15.5 Å². The molecule has 2 fully saturated rings. The molecular formula is C24H37N3O2S. The van der Waals surface area contributed by atoms with Crippen LogP contribution >= 0.6 is 11.8 Å². The van der Waals surface area contributed by atoms with E-state index >= 15 is 0 Å². The lowest BCUT2D eigenvalue weighted by atomic mass is 9.96. The highest BCUT2D eigenvalue weighted by Gasteiger charge is 2.42. The van der Waals surface area contributed by atoms with Gasteiger partial charge in [-0.3, -0.25) is 14.5 Å². The molecule has 30 heavy (non-hydrogen) atoms. The third kappa shape index (κ3) is 6.74. The fourth-order valence-electron chi connectivity index (χ4n) is 4.44. The van der Waals surface area contributed by atoms with Crippen molar-refractivity contribution in [2.75, 3.05) is 26.2 Å². The van der Waals surface area contributed by atoms with Crippen LogP contribution in [-0.2, 0) is 9.59 Å². The molecule has 3 rings (SSSR count). The van der Waals surface area contributed by atoms with Gasteiger partial charge in [-0.1, -0.05) is 31.0 Å². The summed E-state index contributed by atoms with van der Waals surface area (Å²) in [6.07, 6.45) is 6.23. The largest absolute Gasteiger partial charge is 0.355 e. The first-order chi connectivity index (χ1) is 14.3. The maximum atomic E-state index is 13.2. The van der Waals surface area contributed by atoms with Gasteiger partial charge >= 0.3 is 0 Å². The summed E-state index contributed by atoms with van der Waals surface area (Å²) in [6.45, 7) is 9.07. The molecule has 0 unspecified atom stereocenters. The van der Waals surface area contributed by atoms with Crippen LogP contribution in [0.1, 0.15) is 59.3 Å². The maximum Gasteiger partial charge on any atom is 0.236 e. The topological polar surface area (TPSA) is 61.4 Å². The summed E-state index contributed by atoms with van der Waals surface area (Å²) in [6, 6.07) is 10.3. The highest BCUT2D eigenvalue weighted by atomic mass is 32.2. The molecule has 1 heterocycles. The normalized spacial score (nSPS) is 20.1. The zero-order valence-corrected chi connectivity index (χ0v) is 19.5. The van der Waals surface area contributed by atoms with E-state index in [1.165, 1.54) is 4.90 Å². The first kappa shape index (κ1) is 23.1. The minimum absolute atomic E-state index is 0.0929. The molecule has 1 aromatic rings. The van der Waals surface area contributed by atoms with Crippen LogP contribution in [0.2, 0.25) is 0 Å². The Labute approximate surface area is 185 Å². The van der Waals surface area contributed by atoms with Crippen molar-refractivity contribution >= 4 is 23.6 Å². The summed E-state index contributed by atoms with van der Waals surface area (Å²) in [5, 5.41) is 6.32. The van der Waals surface area contributed by atoms with Crippen LogP contribution in [0.4, 0.5) is 0 Å². The predicted octanol–water partition coefficient (Wildman–Crippen LogP) is 3.83. The Bertz CT molecular complexity index is 703. The molecule has 0 bridgehead atoms. The van der Waals surface area contributed by atoms with E-state index in [-0.39, 0.29) is 22.1 Å². The molecule has 2 aliphatic rings. The Morgan fingerprint density at radius 3 is 2.33 bits per heavy atom. The zero-order valence-electron chi connectivity index (χ0n) is 18.7. The molecule has 6 heteroatoms. The molecule has 0 aromatic heterocycles. The predicted molar refractivity (Wildman–Crippen MR) is 124 cm³/mol. The van der Waals surface area contributed by atoms with Crippen molar-refractivity contribution in [2.45, 2.75) is 74.5 Å². The van der Waals surface area contributed by atoms with Crippen LogP contribution < -0.4 is 10.6 Å². The fraction of sp³-hybridized carbons (Fsp3) is 0.667. The van der Waals surface area contributed by atoms with Gasteiger partial charge in [0.25, 0.3) is 0 Å². The average Bonchev–Trinajstić information content (AvgIpc) is 3.16.